The normalized spacial score (nSPS) is 49.8. The molecule has 10 heavy (non-hydrogen) atoms. The molecule has 2 saturated heterocycles. The number of nitrogens with zero attached hydrogens (tertiary/aromatic N) is 1. The molecular weight excluding hydrogens is 122 g/mol. The molecule has 2 fully saturated rings. The standard InChI is InChI=1S/C9H18N/c1-3-4-6-10-7-5-9(10)8(10)2/h8-9H,3-7H2,1-2H3/q+1. The zero-order chi connectivity index (χ0) is 7.19. The Bertz CT molecular complexity index is 138. The van der Waals surface area contributed by atoms with Gasteiger partial charge in [0.1, 0.15) is 12.1 Å². The molecule has 2 heterocycles. The summed E-state index contributed by atoms with van der Waals surface area (Å²) in [7, 11) is 0. The number of rotatable bonds is 3. The van der Waals surface area contributed by atoms with Crippen LogP contribution >= 0.6 is 0 Å². The fraction of sp³-hybridized carbons (Fsp3) is 1.00. The number of quaternary nitrogens is 1. The molecule has 2 aliphatic rings. The first-order valence-electron chi connectivity index (χ1n) is 4.67. The van der Waals surface area contributed by atoms with Crippen molar-refractivity contribution in [1.82, 2.24) is 0 Å². The largest absolute Gasteiger partial charge is 0.309 e. The van der Waals surface area contributed by atoms with Crippen LogP contribution in [0, 0.1) is 0 Å². The second kappa shape index (κ2) is 1.97. The molecule has 0 aromatic heterocycles. The monoisotopic (exact) mass is 140 g/mol. The van der Waals surface area contributed by atoms with E-state index in [1.54, 1.807) is 0 Å². The predicted molar refractivity (Wildman–Crippen MR) is 42.8 cm³/mol. The van der Waals surface area contributed by atoms with Gasteiger partial charge in [0.15, 0.2) is 0 Å². The van der Waals surface area contributed by atoms with Crippen molar-refractivity contribution in [2.75, 3.05) is 13.1 Å². The molecule has 0 aliphatic carbocycles. The highest BCUT2D eigenvalue weighted by Gasteiger charge is 2.69. The van der Waals surface area contributed by atoms with Gasteiger partial charge in [-0.25, -0.2) is 0 Å². The van der Waals surface area contributed by atoms with Crippen molar-refractivity contribution < 1.29 is 4.48 Å². The van der Waals surface area contributed by atoms with Crippen LogP contribution in [0.3, 0.4) is 0 Å². The van der Waals surface area contributed by atoms with E-state index in [2.05, 4.69) is 13.8 Å². The van der Waals surface area contributed by atoms with Crippen molar-refractivity contribution in [2.24, 2.45) is 0 Å². The minimum absolute atomic E-state index is 1.03. The Morgan fingerprint density at radius 1 is 1.50 bits per heavy atom. The number of hydrogen-bond donors (Lipinski definition) is 0. The lowest BCUT2D eigenvalue weighted by molar-refractivity contribution is -0.858. The summed E-state index contributed by atoms with van der Waals surface area (Å²) in [6.07, 6.45) is 4.34. The van der Waals surface area contributed by atoms with Crippen molar-refractivity contribution in [3.63, 3.8) is 0 Å². The third-order valence-corrected chi connectivity index (χ3v) is 3.71. The Morgan fingerprint density at radius 3 is 2.60 bits per heavy atom. The van der Waals surface area contributed by atoms with Gasteiger partial charge in [0.25, 0.3) is 0 Å². The van der Waals surface area contributed by atoms with Crippen LogP contribution in [0.1, 0.15) is 33.1 Å². The molecule has 3 unspecified atom stereocenters. The van der Waals surface area contributed by atoms with Crippen LogP contribution in [0.5, 0.6) is 0 Å². The summed E-state index contributed by atoms with van der Waals surface area (Å²) in [6.45, 7) is 7.68. The fourth-order valence-electron chi connectivity index (χ4n) is 2.69. The topological polar surface area (TPSA) is 0 Å². The van der Waals surface area contributed by atoms with Crippen LogP contribution < -0.4 is 0 Å². The molecular formula is C9H18N+. The third-order valence-electron chi connectivity index (χ3n) is 3.71. The van der Waals surface area contributed by atoms with Gasteiger partial charge < -0.3 is 4.48 Å². The second-order valence-electron chi connectivity index (χ2n) is 4.00. The van der Waals surface area contributed by atoms with E-state index in [-0.39, 0.29) is 0 Å². The maximum Gasteiger partial charge on any atom is 0.147 e. The zero-order valence-corrected chi connectivity index (χ0v) is 7.14. The fourth-order valence-corrected chi connectivity index (χ4v) is 2.69. The van der Waals surface area contributed by atoms with Gasteiger partial charge in [-0.1, -0.05) is 13.3 Å². The van der Waals surface area contributed by atoms with Crippen molar-refractivity contribution >= 4 is 0 Å². The van der Waals surface area contributed by atoms with E-state index in [1.165, 1.54) is 36.8 Å². The summed E-state index contributed by atoms with van der Waals surface area (Å²) < 4.78 is 1.51. The highest BCUT2D eigenvalue weighted by Crippen LogP contribution is 2.50. The Hall–Kier alpha value is -0.0400. The molecule has 2 rings (SSSR count). The predicted octanol–water partition coefficient (Wildman–Crippen LogP) is 1.78. The summed E-state index contributed by atoms with van der Waals surface area (Å²) in [4.78, 5) is 0. The van der Waals surface area contributed by atoms with Crippen molar-refractivity contribution in [3.05, 3.63) is 0 Å². The summed E-state index contributed by atoms with van der Waals surface area (Å²) >= 11 is 0. The Morgan fingerprint density at radius 2 is 2.30 bits per heavy atom. The zero-order valence-electron chi connectivity index (χ0n) is 7.14. The van der Waals surface area contributed by atoms with Gasteiger partial charge in [0, 0.05) is 0 Å². The van der Waals surface area contributed by atoms with E-state index in [9.17, 15) is 0 Å². The van der Waals surface area contributed by atoms with E-state index < -0.39 is 0 Å². The maximum absolute atomic E-state index is 2.42. The van der Waals surface area contributed by atoms with Gasteiger partial charge in [-0.2, -0.15) is 0 Å². The van der Waals surface area contributed by atoms with Gasteiger partial charge in [-0.05, 0) is 13.3 Å². The van der Waals surface area contributed by atoms with E-state index in [0.717, 1.165) is 12.1 Å². The molecule has 0 aromatic rings. The van der Waals surface area contributed by atoms with Crippen LogP contribution in [0.25, 0.3) is 0 Å². The van der Waals surface area contributed by atoms with E-state index in [0.29, 0.717) is 0 Å². The first-order chi connectivity index (χ1) is 4.81. The molecule has 0 N–H and O–H groups in total. The smallest absolute Gasteiger partial charge is 0.147 e. The summed E-state index contributed by atoms with van der Waals surface area (Å²) in [6, 6.07) is 2.14. The average Bonchev–Trinajstić information content (AvgIpc) is 2.24. The number of unbranched alkanes of at least 4 members (excludes halogenated alkanes) is 1. The van der Waals surface area contributed by atoms with Crippen molar-refractivity contribution in [1.29, 1.82) is 0 Å². The maximum atomic E-state index is 2.42. The van der Waals surface area contributed by atoms with Crippen LogP contribution in [-0.4, -0.2) is 29.7 Å². The molecule has 0 radical (unpaired) electrons. The highest BCUT2D eigenvalue weighted by atomic mass is 15.6. The highest BCUT2D eigenvalue weighted by molar-refractivity contribution is 4.92. The molecule has 0 aromatic carbocycles. The van der Waals surface area contributed by atoms with Crippen LogP contribution in [0.15, 0.2) is 0 Å². The third kappa shape index (κ3) is 0.619. The first kappa shape index (κ1) is 6.66. The minimum atomic E-state index is 1.03. The molecule has 3 atom stereocenters. The van der Waals surface area contributed by atoms with E-state index in [1.807, 2.05) is 0 Å². The van der Waals surface area contributed by atoms with E-state index in [4.69, 9.17) is 0 Å². The lowest BCUT2D eigenvalue weighted by Gasteiger charge is -2.27. The second-order valence-corrected chi connectivity index (χ2v) is 4.00. The summed E-state index contributed by atoms with van der Waals surface area (Å²) in [5, 5.41) is 0. The van der Waals surface area contributed by atoms with E-state index >= 15 is 0 Å². The van der Waals surface area contributed by atoms with Gasteiger partial charge >= 0.3 is 0 Å². The average molecular weight is 140 g/mol. The number of hydrogen-bond acceptors (Lipinski definition) is 0. The molecule has 58 valence electrons. The first-order valence-corrected chi connectivity index (χ1v) is 4.67. The Kier molecular flexibility index (Phi) is 1.31. The Labute approximate surface area is 63.6 Å². The van der Waals surface area contributed by atoms with Crippen LogP contribution in [-0.2, 0) is 0 Å². The van der Waals surface area contributed by atoms with Crippen molar-refractivity contribution in [2.45, 2.75) is 45.2 Å². The lowest BCUT2D eigenvalue weighted by Crippen LogP contribution is -2.40. The Balaban J connectivity index is 1.83. The molecule has 0 spiro atoms. The molecule has 0 saturated carbocycles. The molecule has 0 amide bonds. The molecule has 2 aliphatic heterocycles. The molecule has 1 heteroatoms. The molecule has 0 bridgehead atoms. The van der Waals surface area contributed by atoms with Gasteiger partial charge in [-0.15, -0.1) is 0 Å². The van der Waals surface area contributed by atoms with Gasteiger partial charge in [0.05, 0.1) is 19.5 Å². The van der Waals surface area contributed by atoms with Crippen LogP contribution in [0.2, 0.25) is 0 Å². The summed E-state index contributed by atoms with van der Waals surface area (Å²) in [5.74, 6) is 0. The minimum Gasteiger partial charge on any atom is -0.309 e. The SMILES string of the molecule is CCCC[N+]12CCC1C2C. The quantitative estimate of drug-likeness (QED) is 0.414. The van der Waals surface area contributed by atoms with Gasteiger partial charge in [-0.3, -0.25) is 0 Å². The summed E-state index contributed by atoms with van der Waals surface area (Å²) in [5.41, 5.74) is 0. The lowest BCUT2D eigenvalue weighted by atomic mass is 10.2. The molecule has 1 nitrogen and oxygen atoms in total. The van der Waals surface area contributed by atoms with Crippen molar-refractivity contribution in [3.8, 4) is 0 Å². The van der Waals surface area contributed by atoms with Gasteiger partial charge in [0.2, 0.25) is 0 Å². The van der Waals surface area contributed by atoms with Crippen LogP contribution in [0.4, 0.5) is 0 Å². The number of fused-ring (bicyclic) bond motifs is 1.